The minimum atomic E-state index is 1.01. The van der Waals surface area contributed by atoms with Crippen LogP contribution in [0.2, 0.25) is 0 Å². The molecule has 1 aliphatic rings. The van der Waals surface area contributed by atoms with Crippen LogP contribution in [0.15, 0.2) is 0 Å². The monoisotopic (exact) mass is 133 g/mol. The van der Waals surface area contributed by atoms with Crippen molar-refractivity contribution in [2.24, 2.45) is 0 Å². The number of rotatable bonds is 0. The smallest absolute Gasteiger partial charge is 0.0854 e. The highest BCUT2D eigenvalue weighted by Gasteiger charge is 2.00. The van der Waals surface area contributed by atoms with Gasteiger partial charge in [-0.2, -0.15) is 11.8 Å². The molecular formula is C4H7NS2. The van der Waals surface area contributed by atoms with Gasteiger partial charge in [-0.05, 0) is 0 Å². The summed E-state index contributed by atoms with van der Waals surface area (Å²) < 4.78 is 0. The second kappa shape index (κ2) is 2.52. The third-order valence-corrected chi connectivity index (χ3v) is 2.26. The van der Waals surface area contributed by atoms with Gasteiger partial charge in [0.15, 0.2) is 0 Å². The van der Waals surface area contributed by atoms with Crippen molar-refractivity contribution in [3.8, 4) is 0 Å². The molecule has 0 aromatic carbocycles. The number of hydrogen-bond donors (Lipinski definition) is 1. The lowest BCUT2D eigenvalue weighted by molar-refractivity contribution is 0.977. The molecule has 7 heavy (non-hydrogen) atoms. The maximum atomic E-state index is 4.87. The van der Waals surface area contributed by atoms with Crippen molar-refractivity contribution in [2.45, 2.75) is 0 Å². The third-order valence-electron chi connectivity index (χ3n) is 0.802. The Bertz CT molecular complexity index is 73.8. The minimum Gasteiger partial charge on any atom is -0.378 e. The first-order valence-corrected chi connectivity index (χ1v) is 3.80. The molecule has 0 unspecified atom stereocenters. The lowest BCUT2D eigenvalue weighted by Crippen LogP contribution is -2.30. The minimum absolute atomic E-state index is 1.01. The van der Waals surface area contributed by atoms with Crippen molar-refractivity contribution in [3.05, 3.63) is 0 Å². The summed E-state index contributed by atoms with van der Waals surface area (Å²) in [5, 5.41) is 3.09. The molecule has 0 radical (unpaired) electrons. The Kier molecular flexibility index (Phi) is 1.94. The molecule has 0 atom stereocenters. The molecule has 0 bridgehead atoms. The van der Waals surface area contributed by atoms with Crippen LogP contribution in [-0.4, -0.2) is 23.0 Å². The molecule has 1 rings (SSSR count). The van der Waals surface area contributed by atoms with Crippen molar-refractivity contribution in [2.75, 3.05) is 18.1 Å². The SMILES string of the molecule is S=C1CSCCN1. The van der Waals surface area contributed by atoms with E-state index in [1.54, 1.807) is 0 Å². The van der Waals surface area contributed by atoms with Crippen molar-refractivity contribution in [3.63, 3.8) is 0 Å². The number of hydrogen-bond acceptors (Lipinski definition) is 2. The second-order valence-corrected chi connectivity index (χ2v) is 3.00. The lowest BCUT2D eigenvalue weighted by Gasteiger charge is -2.11. The molecule has 1 fully saturated rings. The van der Waals surface area contributed by atoms with E-state index < -0.39 is 0 Å². The van der Waals surface area contributed by atoms with Gasteiger partial charge in [0.1, 0.15) is 0 Å². The summed E-state index contributed by atoms with van der Waals surface area (Å²) in [7, 11) is 0. The standard InChI is InChI=1S/C4H7NS2/c6-4-3-7-2-1-5-4/h1-3H2,(H,5,6). The van der Waals surface area contributed by atoms with Gasteiger partial charge in [0, 0.05) is 18.1 Å². The van der Waals surface area contributed by atoms with E-state index in [2.05, 4.69) is 5.32 Å². The summed E-state index contributed by atoms with van der Waals surface area (Å²) in [6.07, 6.45) is 0. The van der Waals surface area contributed by atoms with E-state index >= 15 is 0 Å². The van der Waals surface area contributed by atoms with Crippen LogP contribution >= 0.6 is 24.0 Å². The molecule has 0 saturated carbocycles. The number of thiocarbonyl (C=S) groups is 1. The molecule has 0 aromatic heterocycles. The zero-order valence-electron chi connectivity index (χ0n) is 3.94. The van der Waals surface area contributed by atoms with Gasteiger partial charge in [0.05, 0.1) is 4.99 Å². The van der Waals surface area contributed by atoms with Gasteiger partial charge in [0.25, 0.3) is 0 Å². The first-order chi connectivity index (χ1) is 3.39. The molecule has 3 heteroatoms. The van der Waals surface area contributed by atoms with E-state index in [1.807, 2.05) is 11.8 Å². The van der Waals surface area contributed by atoms with Gasteiger partial charge in [-0.15, -0.1) is 0 Å². The van der Waals surface area contributed by atoms with Crippen LogP contribution in [0.25, 0.3) is 0 Å². The predicted molar refractivity (Wildman–Crippen MR) is 37.9 cm³/mol. The quantitative estimate of drug-likeness (QED) is 0.487. The van der Waals surface area contributed by atoms with Gasteiger partial charge in [-0.1, -0.05) is 12.2 Å². The fourth-order valence-electron chi connectivity index (χ4n) is 0.479. The van der Waals surface area contributed by atoms with E-state index in [4.69, 9.17) is 12.2 Å². The lowest BCUT2D eigenvalue weighted by atomic mass is 10.6. The second-order valence-electron chi connectivity index (χ2n) is 1.40. The van der Waals surface area contributed by atoms with E-state index in [0.717, 1.165) is 17.3 Å². The highest BCUT2D eigenvalue weighted by Crippen LogP contribution is 2.02. The summed E-state index contributed by atoms with van der Waals surface area (Å²) in [5.74, 6) is 2.23. The molecule has 1 heterocycles. The third kappa shape index (κ3) is 1.65. The molecule has 1 aliphatic heterocycles. The van der Waals surface area contributed by atoms with E-state index in [9.17, 15) is 0 Å². The molecular weight excluding hydrogens is 126 g/mol. The van der Waals surface area contributed by atoms with Crippen LogP contribution in [0.4, 0.5) is 0 Å². The van der Waals surface area contributed by atoms with Crippen LogP contribution in [0, 0.1) is 0 Å². The van der Waals surface area contributed by atoms with E-state index in [-0.39, 0.29) is 0 Å². The summed E-state index contributed by atoms with van der Waals surface area (Å²) in [6, 6.07) is 0. The van der Waals surface area contributed by atoms with Crippen LogP contribution < -0.4 is 5.32 Å². The van der Waals surface area contributed by atoms with Crippen molar-refractivity contribution < 1.29 is 0 Å². The fraction of sp³-hybridized carbons (Fsp3) is 0.750. The Labute approximate surface area is 52.9 Å². The summed E-state index contributed by atoms with van der Waals surface area (Å²) in [6.45, 7) is 1.06. The Morgan fingerprint density at radius 3 is 2.86 bits per heavy atom. The normalized spacial score (nSPS) is 21.4. The molecule has 1 N–H and O–H groups in total. The fourth-order valence-corrected chi connectivity index (χ4v) is 1.51. The molecule has 0 spiro atoms. The Balaban J connectivity index is 2.25. The first kappa shape index (κ1) is 5.38. The molecule has 1 nitrogen and oxygen atoms in total. The topological polar surface area (TPSA) is 12.0 Å². The predicted octanol–water partition coefficient (Wildman–Crippen LogP) is 0.650. The Morgan fingerprint density at radius 2 is 2.57 bits per heavy atom. The average molecular weight is 133 g/mol. The maximum Gasteiger partial charge on any atom is 0.0854 e. The van der Waals surface area contributed by atoms with Crippen LogP contribution in [-0.2, 0) is 0 Å². The van der Waals surface area contributed by atoms with E-state index in [0.29, 0.717) is 0 Å². The number of nitrogens with one attached hydrogen (secondary N) is 1. The average Bonchev–Trinajstić information content (AvgIpc) is 1.69. The maximum absolute atomic E-state index is 4.87. The van der Waals surface area contributed by atoms with Crippen LogP contribution in [0.3, 0.4) is 0 Å². The molecule has 1 saturated heterocycles. The highest BCUT2D eigenvalue weighted by molar-refractivity contribution is 8.01. The van der Waals surface area contributed by atoms with Crippen LogP contribution in [0.1, 0.15) is 0 Å². The zero-order valence-corrected chi connectivity index (χ0v) is 5.57. The largest absolute Gasteiger partial charge is 0.378 e. The highest BCUT2D eigenvalue weighted by atomic mass is 32.2. The van der Waals surface area contributed by atoms with Gasteiger partial charge in [0.2, 0.25) is 0 Å². The Hall–Kier alpha value is 0.240. The number of thioether (sulfide) groups is 1. The molecule has 40 valence electrons. The van der Waals surface area contributed by atoms with Gasteiger partial charge in [-0.3, -0.25) is 0 Å². The van der Waals surface area contributed by atoms with Gasteiger partial charge >= 0.3 is 0 Å². The van der Waals surface area contributed by atoms with Crippen molar-refractivity contribution in [1.82, 2.24) is 5.32 Å². The zero-order chi connectivity index (χ0) is 5.11. The molecule has 0 aromatic rings. The van der Waals surface area contributed by atoms with Crippen LogP contribution in [0.5, 0.6) is 0 Å². The van der Waals surface area contributed by atoms with Crippen molar-refractivity contribution in [1.29, 1.82) is 0 Å². The first-order valence-electron chi connectivity index (χ1n) is 2.24. The molecule has 0 amide bonds. The van der Waals surface area contributed by atoms with E-state index in [1.165, 1.54) is 5.75 Å². The summed E-state index contributed by atoms with van der Waals surface area (Å²) in [4.78, 5) is 1.01. The van der Waals surface area contributed by atoms with Gasteiger partial charge in [-0.25, -0.2) is 0 Å². The van der Waals surface area contributed by atoms with Crippen molar-refractivity contribution >= 4 is 29.0 Å². The summed E-state index contributed by atoms with van der Waals surface area (Å²) in [5.41, 5.74) is 0. The summed E-state index contributed by atoms with van der Waals surface area (Å²) >= 11 is 6.77. The van der Waals surface area contributed by atoms with Gasteiger partial charge < -0.3 is 5.32 Å². The molecule has 0 aliphatic carbocycles. The Morgan fingerprint density at radius 1 is 1.71 bits per heavy atom.